The van der Waals surface area contributed by atoms with Crippen molar-refractivity contribution in [3.63, 3.8) is 0 Å². The molecule has 0 radical (unpaired) electrons. The first-order valence-electron chi connectivity index (χ1n) is 3.21. The van der Waals surface area contributed by atoms with Crippen LogP contribution in [0.15, 0.2) is 0 Å². The topological polar surface area (TPSA) is 0 Å². The van der Waals surface area contributed by atoms with Gasteiger partial charge in [0.25, 0.3) is 0 Å². The van der Waals surface area contributed by atoms with Crippen molar-refractivity contribution in [2.24, 2.45) is 0 Å². The third-order valence-corrected chi connectivity index (χ3v) is 3.20. The number of halogens is 1. The van der Waals surface area contributed by atoms with Gasteiger partial charge in [0.2, 0.25) is 0 Å². The first-order chi connectivity index (χ1) is 3.41. The molecule has 0 saturated carbocycles. The fourth-order valence-electron chi connectivity index (χ4n) is 0.604. The Kier molecular flexibility index (Phi) is 15.5. The van der Waals surface area contributed by atoms with Crippen LogP contribution in [0.4, 0.5) is 0 Å². The summed E-state index contributed by atoms with van der Waals surface area (Å²) in [5.41, 5.74) is 0. The Morgan fingerprint density at radius 1 is 1.38 bits per heavy atom. The van der Waals surface area contributed by atoms with Gasteiger partial charge in [-0.1, -0.05) is 0 Å². The van der Waals surface area contributed by atoms with Gasteiger partial charge in [-0.25, -0.2) is 0 Å². The molecule has 0 bridgehead atoms. The quantitative estimate of drug-likeness (QED) is 0.468. The zero-order valence-corrected chi connectivity index (χ0v) is 9.43. The van der Waals surface area contributed by atoms with Gasteiger partial charge in [0.15, 0.2) is 0 Å². The van der Waals surface area contributed by atoms with Crippen molar-refractivity contribution in [2.45, 2.75) is 31.2 Å². The van der Waals surface area contributed by atoms with Gasteiger partial charge in [-0.15, -0.1) is 12.4 Å². The van der Waals surface area contributed by atoms with E-state index in [1.165, 1.54) is 24.3 Å². The fraction of sp³-hybridized carbons (Fsp3) is 0.833. The zero-order valence-electron chi connectivity index (χ0n) is 5.65. The van der Waals surface area contributed by atoms with Crippen LogP contribution < -0.4 is 0 Å². The van der Waals surface area contributed by atoms with Gasteiger partial charge in [-0.2, -0.15) is 0 Å². The molecule has 0 unspecified atom stereocenters. The number of rotatable bonds is 4. The van der Waals surface area contributed by atoms with E-state index < -0.39 is 0 Å². The van der Waals surface area contributed by atoms with Gasteiger partial charge < -0.3 is 0 Å². The minimum atomic E-state index is -0.195. The van der Waals surface area contributed by atoms with Gasteiger partial charge in [0, 0.05) is 0 Å². The molecule has 0 fully saturated rings. The summed E-state index contributed by atoms with van der Waals surface area (Å²) in [7, 11) is 0. The molecule has 8 heavy (non-hydrogen) atoms. The van der Waals surface area contributed by atoms with Crippen LogP contribution in [-0.2, 0) is 16.7 Å². The van der Waals surface area contributed by atoms with E-state index in [0.717, 1.165) is 0 Å². The first-order valence-corrected chi connectivity index (χ1v) is 7.40. The van der Waals surface area contributed by atoms with Gasteiger partial charge in [-0.05, 0) is 0 Å². The molecule has 0 aromatic heterocycles. The van der Waals surface area contributed by atoms with E-state index in [9.17, 15) is 0 Å². The maximum absolute atomic E-state index is 3.94. The summed E-state index contributed by atoms with van der Waals surface area (Å²) in [4.78, 5) is 0. The van der Waals surface area contributed by atoms with E-state index in [0.29, 0.717) is 0 Å². The van der Waals surface area contributed by atoms with Crippen molar-refractivity contribution in [2.75, 3.05) is 0 Å². The van der Waals surface area contributed by atoms with E-state index in [2.05, 4.69) is 12.0 Å². The molecular formula is C6H14ClZn. The normalized spacial score (nSPS) is 7.12. The average Bonchev–Trinajstić information content (AvgIpc) is 1.69. The summed E-state index contributed by atoms with van der Waals surface area (Å²) in [5.74, 6) is 0. The number of unbranched alkanes of at least 4 members (excludes halogenated alkanes) is 2. The molecule has 0 amide bonds. The summed E-state index contributed by atoms with van der Waals surface area (Å²) in [6.45, 7) is 2.25. The molecule has 0 aromatic carbocycles. The van der Waals surface area contributed by atoms with Gasteiger partial charge in [-0.3, -0.25) is 0 Å². The van der Waals surface area contributed by atoms with Crippen molar-refractivity contribution in [3.8, 4) is 0 Å². The van der Waals surface area contributed by atoms with Crippen LogP contribution in [0.5, 0.6) is 0 Å². The first kappa shape index (κ1) is 11.6. The van der Waals surface area contributed by atoms with Crippen LogP contribution in [0.2, 0.25) is 5.02 Å². The summed E-state index contributed by atoms with van der Waals surface area (Å²) in [6.07, 6.45) is 4.25. The van der Waals surface area contributed by atoms with Crippen molar-refractivity contribution in [1.82, 2.24) is 0 Å². The van der Waals surface area contributed by atoms with Crippen LogP contribution in [-0.4, -0.2) is 5.11 Å². The monoisotopic (exact) mass is 185 g/mol. The van der Waals surface area contributed by atoms with E-state index >= 15 is 0 Å². The molecule has 2 heteroatoms. The Morgan fingerprint density at radius 2 is 2.00 bits per heavy atom. The number of hydrogen-bond acceptors (Lipinski definition) is 0. The third kappa shape index (κ3) is 9.92. The minimum absolute atomic E-state index is 0. The third-order valence-electron chi connectivity index (χ3n) is 1.10. The van der Waals surface area contributed by atoms with Crippen molar-refractivity contribution in [3.05, 3.63) is 0 Å². The predicted octanol–water partition coefficient (Wildman–Crippen LogP) is 2.53. The van der Waals surface area contributed by atoms with Gasteiger partial charge in [0.05, 0.1) is 0 Å². The van der Waals surface area contributed by atoms with Crippen LogP contribution in [0.25, 0.3) is 0 Å². The fourth-order valence-corrected chi connectivity index (χ4v) is 2.09. The van der Waals surface area contributed by atoms with Crippen LogP contribution >= 0.6 is 12.4 Å². The van der Waals surface area contributed by atoms with Crippen LogP contribution in [0, 0.1) is 0 Å². The molecule has 0 nitrogen and oxygen atoms in total. The Labute approximate surface area is 65.6 Å². The average molecular weight is 187 g/mol. The molecule has 0 aromatic rings. The molecule has 0 rings (SSSR count). The Balaban J connectivity index is 0. The standard InChI is InChI=1S/C5H11.CH2.ClH.Zn/c1-3-5-4-2;;;/h1,3-5H2,2H3;1H2;1H;. The van der Waals surface area contributed by atoms with Crippen molar-refractivity contribution in [1.29, 1.82) is 0 Å². The molecule has 0 atom stereocenters. The molecule has 0 spiro atoms. The summed E-state index contributed by atoms with van der Waals surface area (Å²) < 4.78 is 0. The van der Waals surface area contributed by atoms with Crippen LogP contribution in [0.3, 0.4) is 0 Å². The molecule has 0 heterocycles. The maximum atomic E-state index is 3.94. The van der Waals surface area contributed by atoms with Crippen molar-refractivity contribution < 1.29 is 16.7 Å². The Hall–Kier alpha value is 0.783. The zero-order chi connectivity index (χ0) is 5.54. The van der Waals surface area contributed by atoms with Crippen LogP contribution in [0.1, 0.15) is 26.2 Å². The van der Waals surface area contributed by atoms with E-state index in [1.807, 2.05) is 0 Å². The second-order valence-corrected chi connectivity index (χ2v) is 4.88. The Morgan fingerprint density at radius 3 is 2.38 bits per heavy atom. The van der Waals surface area contributed by atoms with Gasteiger partial charge >= 0.3 is 53.0 Å². The molecule has 0 saturated heterocycles. The molecule has 47 valence electrons. The SMILES string of the molecule is Cl.[CH2]=[Zn][CH2]CCCC. The molecule has 0 N–H and O–H groups in total. The summed E-state index contributed by atoms with van der Waals surface area (Å²) in [6, 6.07) is 0. The molecule has 0 aliphatic heterocycles. The van der Waals surface area contributed by atoms with Crippen molar-refractivity contribution >= 4 is 17.5 Å². The Bertz CT molecular complexity index is 45.8. The molecule has 0 aliphatic carbocycles. The molecule has 0 aliphatic rings. The second kappa shape index (κ2) is 10.7. The predicted molar refractivity (Wildman–Crippen MR) is 38.7 cm³/mol. The van der Waals surface area contributed by atoms with E-state index in [1.54, 1.807) is 0 Å². The van der Waals surface area contributed by atoms with E-state index in [-0.39, 0.29) is 29.1 Å². The second-order valence-electron chi connectivity index (χ2n) is 1.91. The van der Waals surface area contributed by atoms with Gasteiger partial charge in [0.1, 0.15) is 0 Å². The van der Waals surface area contributed by atoms with E-state index in [4.69, 9.17) is 0 Å². The number of hydrogen-bond donors (Lipinski definition) is 0. The summed E-state index contributed by atoms with van der Waals surface area (Å²) >= 11 is -0.195. The summed E-state index contributed by atoms with van der Waals surface area (Å²) in [5, 5.41) is 5.45. The molecular weight excluding hydrogens is 173 g/mol.